The van der Waals surface area contributed by atoms with E-state index in [4.69, 9.17) is 11.6 Å². The zero-order valence-corrected chi connectivity index (χ0v) is 8.38. The molecule has 4 heteroatoms. The fourth-order valence-corrected chi connectivity index (χ4v) is 1.43. The first-order valence-electron chi connectivity index (χ1n) is 4.30. The summed E-state index contributed by atoms with van der Waals surface area (Å²) >= 11 is 5.56. The zero-order chi connectivity index (χ0) is 10.8. The molecule has 0 aliphatic carbocycles. The Balaban J connectivity index is 2.44. The molecule has 1 aromatic heterocycles. The third-order valence-corrected chi connectivity index (χ3v) is 2.37. The molecule has 0 atom stereocenters. The first-order valence-corrected chi connectivity index (χ1v) is 4.68. The minimum Gasteiger partial charge on any atom is -0.352 e. The largest absolute Gasteiger partial charge is 0.352 e. The molecular formula is C11H7ClFNO. The molecule has 1 aromatic carbocycles. The molecule has 0 bridgehead atoms. The molecule has 0 saturated heterocycles. The Morgan fingerprint density at radius 3 is 2.67 bits per heavy atom. The van der Waals surface area contributed by atoms with Crippen LogP contribution in [0.2, 0.25) is 5.02 Å². The molecule has 0 spiro atoms. The Morgan fingerprint density at radius 1 is 1.27 bits per heavy atom. The van der Waals surface area contributed by atoms with Crippen LogP contribution < -0.4 is 0 Å². The highest BCUT2D eigenvalue weighted by atomic mass is 35.5. The number of aldehydes is 1. The molecule has 0 fully saturated rings. The number of aromatic amines is 1. The van der Waals surface area contributed by atoms with E-state index in [1.54, 1.807) is 18.2 Å². The van der Waals surface area contributed by atoms with Gasteiger partial charge in [-0.25, -0.2) is 4.39 Å². The van der Waals surface area contributed by atoms with E-state index in [9.17, 15) is 9.18 Å². The molecule has 1 heterocycles. The quantitative estimate of drug-likeness (QED) is 0.779. The number of carbonyl (C=O) groups is 1. The van der Waals surface area contributed by atoms with Gasteiger partial charge < -0.3 is 4.98 Å². The summed E-state index contributed by atoms with van der Waals surface area (Å²) in [4.78, 5) is 13.3. The molecular weight excluding hydrogens is 217 g/mol. The summed E-state index contributed by atoms with van der Waals surface area (Å²) in [6, 6.07) is 7.84. The number of halogens is 2. The highest BCUT2D eigenvalue weighted by Gasteiger charge is 2.04. The van der Waals surface area contributed by atoms with Crippen LogP contribution in [0.1, 0.15) is 10.5 Å². The normalized spacial score (nSPS) is 10.3. The van der Waals surface area contributed by atoms with Gasteiger partial charge in [-0.1, -0.05) is 17.7 Å². The standard InChI is InChI=1S/C11H7ClFNO/c12-9-3-1-7(5-10(9)13)11-4-2-8(6-15)14-11/h1-6,14H. The molecule has 0 saturated carbocycles. The molecule has 2 aromatic rings. The smallest absolute Gasteiger partial charge is 0.166 e. The maximum Gasteiger partial charge on any atom is 0.166 e. The lowest BCUT2D eigenvalue weighted by Crippen LogP contribution is -1.83. The van der Waals surface area contributed by atoms with Gasteiger partial charge in [-0.05, 0) is 24.3 Å². The predicted octanol–water partition coefficient (Wildman–Crippen LogP) is 3.29. The van der Waals surface area contributed by atoms with Crippen LogP contribution in [-0.2, 0) is 0 Å². The monoisotopic (exact) mass is 223 g/mol. The van der Waals surface area contributed by atoms with Crippen molar-refractivity contribution in [3.63, 3.8) is 0 Å². The molecule has 0 amide bonds. The number of rotatable bonds is 2. The molecule has 0 aliphatic rings. The van der Waals surface area contributed by atoms with Crippen LogP contribution in [0.25, 0.3) is 11.3 Å². The molecule has 15 heavy (non-hydrogen) atoms. The van der Waals surface area contributed by atoms with Crippen LogP contribution in [0.5, 0.6) is 0 Å². The van der Waals surface area contributed by atoms with E-state index in [1.807, 2.05) is 0 Å². The van der Waals surface area contributed by atoms with E-state index in [-0.39, 0.29) is 5.02 Å². The zero-order valence-electron chi connectivity index (χ0n) is 7.63. The Kier molecular flexibility index (Phi) is 2.56. The van der Waals surface area contributed by atoms with E-state index < -0.39 is 5.82 Å². The average Bonchev–Trinajstić information content (AvgIpc) is 2.70. The molecule has 76 valence electrons. The van der Waals surface area contributed by atoms with E-state index in [1.165, 1.54) is 12.1 Å². The minimum absolute atomic E-state index is 0.0842. The summed E-state index contributed by atoms with van der Waals surface area (Å²) in [6.07, 6.45) is 0.704. The van der Waals surface area contributed by atoms with E-state index in [2.05, 4.69) is 4.98 Å². The molecule has 0 aliphatic heterocycles. The van der Waals surface area contributed by atoms with Gasteiger partial charge in [0.05, 0.1) is 10.7 Å². The fraction of sp³-hybridized carbons (Fsp3) is 0. The molecule has 1 N–H and O–H groups in total. The van der Waals surface area contributed by atoms with Crippen molar-refractivity contribution in [2.24, 2.45) is 0 Å². The van der Waals surface area contributed by atoms with Crippen LogP contribution in [0.4, 0.5) is 4.39 Å². The molecule has 0 radical (unpaired) electrons. The first-order chi connectivity index (χ1) is 7.20. The number of hydrogen-bond acceptors (Lipinski definition) is 1. The van der Waals surface area contributed by atoms with Crippen LogP contribution in [0, 0.1) is 5.82 Å². The van der Waals surface area contributed by atoms with Crippen LogP contribution in [0.15, 0.2) is 30.3 Å². The fourth-order valence-electron chi connectivity index (χ4n) is 1.31. The molecule has 2 nitrogen and oxygen atoms in total. The lowest BCUT2D eigenvalue weighted by Gasteiger charge is -1.99. The Bertz CT molecular complexity index is 507. The number of benzene rings is 1. The SMILES string of the molecule is O=Cc1ccc(-c2ccc(Cl)c(F)c2)[nH]1. The van der Waals surface area contributed by atoms with Gasteiger partial charge in [-0.15, -0.1) is 0 Å². The second-order valence-electron chi connectivity index (χ2n) is 3.07. The second-order valence-corrected chi connectivity index (χ2v) is 3.48. The summed E-state index contributed by atoms with van der Waals surface area (Å²) in [6.45, 7) is 0. The van der Waals surface area contributed by atoms with E-state index >= 15 is 0 Å². The average molecular weight is 224 g/mol. The number of carbonyl (C=O) groups excluding carboxylic acids is 1. The van der Waals surface area contributed by atoms with Gasteiger partial charge in [0.1, 0.15) is 5.82 Å². The van der Waals surface area contributed by atoms with E-state index in [0.29, 0.717) is 23.2 Å². The summed E-state index contributed by atoms with van der Waals surface area (Å²) in [5.74, 6) is -0.476. The Hall–Kier alpha value is -1.61. The summed E-state index contributed by atoms with van der Waals surface area (Å²) in [5, 5.41) is 0.0842. The maximum atomic E-state index is 13.1. The van der Waals surface area contributed by atoms with Crippen molar-refractivity contribution in [2.45, 2.75) is 0 Å². The highest BCUT2D eigenvalue weighted by molar-refractivity contribution is 6.30. The Labute approximate surface area is 90.7 Å². The van der Waals surface area contributed by atoms with Crippen molar-refractivity contribution in [2.75, 3.05) is 0 Å². The lowest BCUT2D eigenvalue weighted by molar-refractivity contribution is 0.111. The maximum absolute atomic E-state index is 13.1. The number of aromatic nitrogens is 1. The summed E-state index contributed by atoms with van der Waals surface area (Å²) < 4.78 is 13.1. The minimum atomic E-state index is -0.476. The van der Waals surface area contributed by atoms with Crippen LogP contribution in [-0.4, -0.2) is 11.3 Å². The van der Waals surface area contributed by atoms with Crippen molar-refractivity contribution in [1.82, 2.24) is 4.98 Å². The van der Waals surface area contributed by atoms with Crippen molar-refractivity contribution < 1.29 is 9.18 Å². The van der Waals surface area contributed by atoms with Crippen molar-refractivity contribution in [3.05, 3.63) is 46.9 Å². The van der Waals surface area contributed by atoms with Gasteiger partial charge in [0, 0.05) is 11.3 Å². The van der Waals surface area contributed by atoms with Crippen LogP contribution in [0.3, 0.4) is 0 Å². The lowest BCUT2D eigenvalue weighted by atomic mass is 10.1. The summed E-state index contributed by atoms with van der Waals surface area (Å²) in [5.41, 5.74) is 1.80. The van der Waals surface area contributed by atoms with Crippen molar-refractivity contribution >= 4 is 17.9 Å². The molecule has 2 rings (SSSR count). The number of nitrogens with one attached hydrogen (secondary N) is 1. The van der Waals surface area contributed by atoms with Crippen molar-refractivity contribution in [1.29, 1.82) is 0 Å². The van der Waals surface area contributed by atoms with Gasteiger partial charge in [0.2, 0.25) is 0 Å². The topological polar surface area (TPSA) is 32.9 Å². The van der Waals surface area contributed by atoms with Gasteiger partial charge in [-0.3, -0.25) is 4.79 Å². The highest BCUT2D eigenvalue weighted by Crippen LogP contribution is 2.23. The number of H-pyrrole nitrogens is 1. The third kappa shape index (κ3) is 1.92. The molecule has 0 unspecified atom stereocenters. The van der Waals surface area contributed by atoms with Crippen molar-refractivity contribution in [3.8, 4) is 11.3 Å². The van der Waals surface area contributed by atoms with Gasteiger partial charge in [0.15, 0.2) is 6.29 Å². The van der Waals surface area contributed by atoms with E-state index in [0.717, 1.165) is 0 Å². The third-order valence-electron chi connectivity index (χ3n) is 2.07. The van der Waals surface area contributed by atoms with Gasteiger partial charge >= 0.3 is 0 Å². The van der Waals surface area contributed by atoms with Crippen LogP contribution >= 0.6 is 11.6 Å². The van der Waals surface area contributed by atoms with Gasteiger partial charge in [0.25, 0.3) is 0 Å². The first kappa shape index (κ1) is 9.93. The Morgan fingerprint density at radius 2 is 2.07 bits per heavy atom. The summed E-state index contributed by atoms with van der Waals surface area (Å²) in [7, 11) is 0. The predicted molar refractivity (Wildman–Crippen MR) is 56.6 cm³/mol. The number of hydrogen-bond donors (Lipinski definition) is 1. The van der Waals surface area contributed by atoms with Gasteiger partial charge in [-0.2, -0.15) is 0 Å². The second kappa shape index (κ2) is 3.87.